The van der Waals surface area contributed by atoms with Crippen molar-refractivity contribution in [1.82, 2.24) is 4.98 Å². The highest BCUT2D eigenvalue weighted by Crippen LogP contribution is 2.22. The SMILES string of the molecule is CCc1cnc(CNc2cccc(C#N)c2N)o1. The summed E-state index contributed by atoms with van der Waals surface area (Å²) in [7, 11) is 0. The number of aryl methyl sites for hydroxylation is 1. The maximum Gasteiger partial charge on any atom is 0.213 e. The lowest BCUT2D eigenvalue weighted by Crippen LogP contribution is -2.03. The molecule has 0 aliphatic heterocycles. The van der Waals surface area contributed by atoms with Crippen LogP contribution in [0.1, 0.15) is 24.1 Å². The van der Waals surface area contributed by atoms with Crippen LogP contribution in [0, 0.1) is 11.3 Å². The number of hydrogen-bond donors (Lipinski definition) is 2. The highest BCUT2D eigenvalue weighted by Gasteiger charge is 2.06. The van der Waals surface area contributed by atoms with E-state index in [2.05, 4.69) is 10.3 Å². The Balaban J connectivity index is 2.09. The van der Waals surface area contributed by atoms with Crippen LogP contribution in [0.3, 0.4) is 0 Å². The minimum absolute atomic E-state index is 0.444. The topological polar surface area (TPSA) is 87.9 Å². The molecule has 3 N–H and O–H groups in total. The molecule has 0 fully saturated rings. The Morgan fingerprint density at radius 1 is 1.50 bits per heavy atom. The summed E-state index contributed by atoms with van der Waals surface area (Å²) >= 11 is 0. The molecule has 5 heteroatoms. The van der Waals surface area contributed by atoms with Crippen LogP contribution in [-0.2, 0) is 13.0 Å². The first kappa shape index (κ1) is 12.0. The zero-order valence-electron chi connectivity index (χ0n) is 10.1. The molecule has 0 bridgehead atoms. The van der Waals surface area contributed by atoms with E-state index in [9.17, 15) is 0 Å². The van der Waals surface area contributed by atoms with Crippen molar-refractivity contribution < 1.29 is 4.42 Å². The molecule has 1 aromatic heterocycles. The first-order valence-corrected chi connectivity index (χ1v) is 5.70. The number of rotatable bonds is 4. The van der Waals surface area contributed by atoms with E-state index in [1.807, 2.05) is 19.1 Å². The van der Waals surface area contributed by atoms with E-state index in [1.54, 1.807) is 18.3 Å². The molecule has 0 atom stereocenters. The quantitative estimate of drug-likeness (QED) is 0.803. The Bertz CT molecular complexity index is 583. The fourth-order valence-corrected chi connectivity index (χ4v) is 1.58. The standard InChI is InChI=1S/C13H14N4O/c1-2-10-7-17-12(18-10)8-16-11-5-3-4-9(6-14)13(11)15/h3-5,7,16H,2,8,15H2,1H3. The third-order valence-corrected chi connectivity index (χ3v) is 2.61. The number of nitrogen functional groups attached to an aromatic ring is 1. The molecule has 0 amide bonds. The van der Waals surface area contributed by atoms with Gasteiger partial charge in [0.15, 0.2) is 0 Å². The summed E-state index contributed by atoms with van der Waals surface area (Å²) in [6, 6.07) is 7.33. The number of nitrogens with one attached hydrogen (secondary N) is 1. The van der Waals surface area contributed by atoms with Crippen molar-refractivity contribution in [2.24, 2.45) is 0 Å². The largest absolute Gasteiger partial charge is 0.444 e. The van der Waals surface area contributed by atoms with Crippen LogP contribution >= 0.6 is 0 Å². The Morgan fingerprint density at radius 2 is 2.33 bits per heavy atom. The molecule has 0 saturated carbocycles. The zero-order chi connectivity index (χ0) is 13.0. The fraction of sp³-hybridized carbons (Fsp3) is 0.231. The number of para-hydroxylation sites is 1. The van der Waals surface area contributed by atoms with E-state index >= 15 is 0 Å². The van der Waals surface area contributed by atoms with Crippen molar-refractivity contribution in [1.29, 1.82) is 5.26 Å². The summed E-state index contributed by atoms with van der Waals surface area (Å²) in [6.45, 7) is 2.45. The second-order valence-corrected chi connectivity index (χ2v) is 3.81. The van der Waals surface area contributed by atoms with Crippen molar-refractivity contribution in [3.05, 3.63) is 41.6 Å². The molecular formula is C13H14N4O. The van der Waals surface area contributed by atoms with Crippen LogP contribution in [0.25, 0.3) is 0 Å². The Kier molecular flexibility index (Phi) is 3.49. The monoisotopic (exact) mass is 242 g/mol. The van der Waals surface area contributed by atoms with Gasteiger partial charge in [-0.1, -0.05) is 13.0 Å². The number of nitrogens with zero attached hydrogens (tertiary/aromatic N) is 2. The lowest BCUT2D eigenvalue weighted by molar-refractivity contribution is 0.466. The number of nitrogens with two attached hydrogens (primary N) is 1. The maximum atomic E-state index is 8.87. The molecule has 2 aromatic rings. The smallest absolute Gasteiger partial charge is 0.213 e. The molecule has 5 nitrogen and oxygen atoms in total. The van der Waals surface area contributed by atoms with Gasteiger partial charge >= 0.3 is 0 Å². The number of anilines is 2. The minimum atomic E-state index is 0.444. The summed E-state index contributed by atoms with van der Waals surface area (Å²) in [6.07, 6.45) is 2.53. The minimum Gasteiger partial charge on any atom is -0.444 e. The fourth-order valence-electron chi connectivity index (χ4n) is 1.58. The number of hydrogen-bond acceptors (Lipinski definition) is 5. The van der Waals surface area contributed by atoms with E-state index in [0.29, 0.717) is 29.4 Å². The summed E-state index contributed by atoms with van der Waals surface area (Å²) in [5.41, 5.74) is 7.47. The first-order valence-electron chi connectivity index (χ1n) is 5.70. The van der Waals surface area contributed by atoms with Gasteiger partial charge in [-0.3, -0.25) is 0 Å². The van der Waals surface area contributed by atoms with Gasteiger partial charge in [0, 0.05) is 6.42 Å². The predicted octanol–water partition coefficient (Wildman–Crippen LogP) is 2.30. The van der Waals surface area contributed by atoms with E-state index in [0.717, 1.165) is 12.2 Å². The third-order valence-electron chi connectivity index (χ3n) is 2.61. The van der Waals surface area contributed by atoms with E-state index < -0.39 is 0 Å². The third kappa shape index (κ3) is 2.43. The molecule has 1 heterocycles. The van der Waals surface area contributed by atoms with Crippen LogP contribution < -0.4 is 11.1 Å². The van der Waals surface area contributed by atoms with Crippen LogP contribution in [0.4, 0.5) is 11.4 Å². The number of oxazole rings is 1. The van der Waals surface area contributed by atoms with Gasteiger partial charge in [0.05, 0.1) is 29.7 Å². The molecule has 0 aliphatic rings. The van der Waals surface area contributed by atoms with Crippen LogP contribution in [0.2, 0.25) is 0 Å². The second-order valence-electron chi connectivity index (χ2n) is 3.81. The van der Waals surface area contributed by atoms with Gasteiger partial charge in [-0.15, -0.1) is 0 Å². The van der Waals surface area contributed by atoms with Gasteiger partial charge in [0.1, 0.15) is 11.8 Å². The molecule has 0 unspecified atom stereocenters. The lowest BCUT2D eigenvalue weighted by Gasteiger charge is -2.08. The van der Waals surface area contributed by atoms with E-state index in [1.165, 1.54) is 0 Å². The predicted molar refractivity (Wildman–Crippen MR) is 68.8 cm³/mol. The molecule has 0 spiro atoms. The van der Waals surface area contributed by atoms with Gasteiger partial charge in [0.2, 0.25) is 5.89 Å². The molecule has 0 radical (unpaired) electrons. The van der Waals surface area contributed by atoms with Crippen molar-refractivity contribution in [3.8, 4) is 6.07 Å². The summed E-state index contributed by atoms with van der Waals surface area (Å²) in [4.78, 5) is 4.14. The molecule has 92 valence electrons. The zero-order valence-corrected chi connectivity index (χ0v) is 10.1. The molecular weight excluding hydrogens is 228 g/mol. The summed E-state index contributed by atoms with van der Waals surface area (Å²) < 4.78 is 5.47. The van der Waals surface area contributed by atoms with Gasteiger partial charge in [0.25, 0.3) is 0 Å². The van der Waals surface area contributed by atoms with E-state index in [4.69, 9.17) is 15.4 Å². The highest BCUT2D eigenvalue weighted by molar-refractivity contribution is 5.72. The molecule has 0 saturated heterocycles. The van der Waals surface area contributed by atoms with Gasteiger partial charge in [-0.2, -0.15) is 5.26 Å². The summed E-state index contributed by atoms with van der Waals surface area (Å²) in [5.74, 6) is 1.46. The van der Waals surface area contributed by atoms with Crippen LogP contribution in [0.5, 0.6) is 0 Å². The number of nitriles is 1. The molecule has 0 aliphatic carbocycles. The van der Waals surface area contributed by atoms with Crippen molar-refractivity contribution in [3.63, 3.8) is 0 Å². The van der Waals surface area contributed by atoms with Gasteiger partial charge in [-0.05, 0) is 12.1 Å². The number of benzene rings is 1. The molecule has 1 aromatic carbocycles. The Labute approximate surface area is 105 Å². The Morgan fingerprint density at radius 3 is 3.00 bits per heavy atom. The first-order chi connectivity index (χ1) is 8.74. The normalized spacial score (nSPS) is 10.0. The summed E-state index contributed by atoms with van der Waals surface area (Å²) in [5, 5.41) is 12.0. The Hall–Kier alpha value is -2.48. The van der Waals surface area contributed by atoms with Crippen molar-refractivity contribution >= 4 is 11.4 Å². The highest BCUT2D eigenvalue weighted by atomic mass is 16.4. The van der Waals surface area contributed by atoms with E-state index in [-0.39, 0.29) is 0 Å². The van der Waals surface area contributed by atoms with Gasteiger partial charge < -0.3 is 15.5 Å². The number of aromatic nitrogens is 1. The second kappa shape index (κ2) is 5.23. The van der Waals surface area contributed by atoms with Gasteiger partial charge in [-0.25, -0.2) is 4.98 Å². The van der Waals surface area contributed by atoms with Crippen molar-refractivity contribution in [2.75, 3.05) is 11.1 Å². The molecule has 18 heavy (non-hydrogen) atoms. The maximum absolute atomic E-state index is 8.87. The lowest BCUT2D eigenvalue weighted by atomic mass is 10.1. The van der Waals surface area contributed by atoms with Crippen LogP contribution in [-0.4, -0.2) is 4.98 Å². The molecule has 2 rings (SSSR count). The van der Waals surface area contributed by atoms with Crippen LogP contribution in [0.15, 0.2) is 28.8 Å². The average molecular weight is 242 g/mol. The van der Waals surface area contributed by atoms with Crippen molar-refractivity contribution in [2.45, 2.75) is 19.9 Å². The average Bonchev–Trinajstić information content (AvgIpc) is 2.85.